The van der Waals surface area contributed by atoms with E-state index in [1.165, 1.54) is 0 Å². The van der Waals surface area contributed by atoms with Crippen LogP contribution in [0.15, 0.2) is 0 Å². The van der Waals surface area contributed by atoms with Gasteiger partial charge in [-0.3, -0.25) is 0 Å². The molecule has 0 aliphatic carbocycles. The van der Waals surface area contributed by atoms with Crippen molar-refractivity contribution in [3.05, 3.63) is 0 Å². The average molecular weight is 164 g/mol. The van der Waals surface area contributed by atoms with Crippen LogP contribution in [0.2, 0.25) is 6.04 Å². The molecule has 0 bridgehead atoms. The van der Waals surface area contributed by atoms with Crippen LogP contribution in [-0.2, 0) is 0 Å². The summed E-state index contributed by atoms with van der Waals surface area (Å²) in [7, 11) is -3.19. The predicted molar refractivity (Wildman–Crippen MR) is 42.3 cm³/mol. The van der Waals surface area contributed by atoms with Crippen LogP contribution in [0, 0.1) is 0 Å². The Labute approximate surface area is 62.1 Å². The fraction of sp³-hybridized carbons (Fsp3) is 1.00. The van der Waals surface area contributed by atoms with Crippen LogP contribution in [0.1, 0.15) is 13.8 Å². The van der Waals surface area contributed by atoms with E-state index >= 15 is 0 Å². The van der Waals surface area contributed by atoms with Crippen LogP contribution in [-0.4, -0.2) is 29.9 Å². The highest BCUT2D eigenvalue weighted by atomic mass is 28.4. The molecular formula is C5H16N2O2Si. The molecule has 0 saturated heterocycles. The smallest absolute Gasteiger partial charge is 0.351 e. The summed E-state index contributed by atoms with van der Waals surface area (Å²) in [5, 5.41) is 0. The Morgan fingerprint density at radius 1 is 1.30 bits per heavy atom. The number of hydrogen-bond donors (Lipinski definition) is 4. The number of hydrogen-bond acceptors (Lipinski definition) is 4. The van der Waals surface area contributed by atoms with Crippen LogP contribution in [0.4, 0.5) is 0 Å². The van der Waals surface area contributed by atoms with E-state index < -0.39 is 14.2 Å². The molecule has 10 heavy (non-hydrogen) atoms. The Morgan fingerprint density at radius 3 is 1.80 bits per heavy atom. The minimum Gasteiger partial charge on any atom is -0.410 e. The Hall–Kier alpha value is 0.0569. The van der Waals surface area contributed by atoms with Gasteiger partial charge in [0, 0.05) is 17.8 Å². The fourth-order valence-corrected chi connectivity index (χ4v) is 1.98. The number of nitrogens with two attached hydrogens (primary N) is 2. The summed E-state index contributed by atoms with van der Waals surface area (Å²) in [4.78, 5) is 18.5. The highest BCUT2D eigenvalue weighted by Crippen LogP contribution is 2.06. The predicted octanol–water partition coefficient (Wildman–Crippen LogP) is -1.35. The standard InChI is InChI=1S/C5H16N2O2Si/c1-4(6)3-10(8,9)5(2)7/h4-5,8-9H,3,6-7H2,1-2H3. The van der Waals surface area contributed by atoms with Gasteiger partial charge in [-0.25, -0.2) is 0 Å². The van der Waals surface area contributed by atoms with E-state index in [1.54, 1.807) is 13.8 Å². The van der Waals surface area contributed by atoms with Crippen molar-refractivity contribution in [1.82, 2.24) is 0 Å². The van der Waals surface area contributed by atoms with Crippen LogP contribution >= 0.6 is 0 Å². The van der Waals surface area contributed by atoms with Gasteiger partial charge in [-0.1, -0.05) is 6.92 Å². The van der Waals surface area contributed by atoms with Crippen LogP contribution in [0.25, 0.3) is 0 Å². The van der Waals surface area contributed by atoms with Crippen LogP contribution < -0.4 is 11.5 Å². The molecule has 0 heterocycles. The van der Waals surface area contributed by atoms with Crippen molar-refractivity contribution in [3.63, 3.8) is 0 Å². The molecule has 0 aliphatic rings. The molecular weight excluding hydrogens is 148 g/mol. The molecule has 0 aromatic rings. The Balaban J connectivity index is 3.87. The zero-order valence-electron chi connectivity index (χ0n) is 6.41. The Bertz CT molecular complexity index is 106. The maximum Gasteiger partial charge on any atom is 0.351 e. The summed E-state index contributed by atoms with van der Waals surface area (Å²) >= 11 is 0. The van der Waals surface area contributed by atoms with E-state index in [2.05, 4.69) is 0 Å². The second-order valence-corrected chi connectivity index (χ2v) is 5.92. The third kappa shape index (κ3) is 3.28. The molecule has 62 valence electrons. The quantitative estimate of drug-likeness (QED) is 0.388. The van der Waals surface area contributed by atoms with Crippen molar-refractivity contribution in [2.45, 2.75) is 31.6 Å². The third-order valence-corrected chi connectivity index (χ3v) is 4.05. The van der Waals surface area contributed by atoms with Gasteiger partial charge in [0.1, 0.15) is 0 Å². The maximum atomic E-state index is 9.25. The SMILES string of the molecule is CC(N)C[Si](O)(O)C(C)N. The topological polar surface area (TPSA) is 92.5 Å². The second-order valence-electron chi connectivity index (χ2n) is 2.85. The van der Waals surface area contributed by atoms with E-state index in [0.717, 1.165) is 0 Å². The van der Waals surface area contributed by atoms with Gasteiger partial charge in [-0.2, -0.15) is 0 Å². The lowest BCUT2D eigenvalue weighted by atomic mass is 10.4. The van der Waals surface area contributed by atoms with E-state index in [0.29, 0.717) is 0 Å². The normalized spacial score (nSPS) is 18.6. The fourth-order valence-electron chi connectivity index (χ4n) is 0.660. The van der Waals surface area contributed by atoms with Gasteiger partial charge in [0.25, 0.3) is 0 Å². The van der Waals surface area contributed by atoms with E-state index in [9.17, 15) is 9.59 Å². The summed E-state index contributed by atoms with van der Waals surface area (Å²) in [6, 6.07) is 0.0534. The second kappa shape index (κ2) is 3.45. The molecule has 0 fully saturated rings. The molecule has 0 aromatic carbocycles. The lowest BCUT2D eigenvalue weighted by Gasteiger charge is -2.23. The molecule has 0 spiro atoms. The first-order valence-corrected chi connectivity index (χ1v) is 5.50. The molecule has 0 rings (SSSR count). The van der Waals surface area contributed by atoms with Crippen molar-refractivity contribution >= 4 is 8.56 Å². The largest absolute Gasteiger partial charge is 0.410 e. The van der Waals surface area contributed by atoms with E-state index in [4.69, 9.17) is 11.5 Å². The molecule has 2 atom stereocenters. The lowest BCUT2D eigenvalue weighted by molar-refractivity contribution is 0.338. The lowest BCUT2D eigenvalue weighted by Crippen LogP contribution is -2.54. The van der Waals surface area contributed by atoms with Crippen molar-refractivity contribution in [2.75, 3.05) is 0 Å². The highest BCUT2D eigenvalue weighted by molar-refractivity contribution is 6.66. The average Bonchev–Trinajstić information content (AvgIpc) is 1.60. The first kappa shape index (κ1) is 10.1. The van der Waals surface area contributed by atoms with Gasteiger partial charge in [0.2, 0.25) is 0 Å². The Morgan fingerprint density at radius 2 is 1.70 bits per heavy atom. The van der Waals surface area contributed by atoms with Gasteiger partial charge in [0.05, 0.1) is 0 Å². The molecule has 0 aromatic heterocycles. The molecule has 0 radical (unpaired) electrons. The van der Waals surface area contributed by atoms with Gasteiger partial charge < -0.3 is 21.1 Å². The van der Waals surface area contributed by atoms with Gasteiger partial charge in [-0.15, -0.1) is 0 Å². The van der Waals surface area contributed by atoms with Gasteiger partial charge >= 0.3 is 8.56 Å². The Kier molecular flexibility index (Phi) is 3.47. The molecule has 6 N–H and O–H groups in total. The van der Waals surface area contributed by atoms with Crippen molar-refractivity contribution in [1.29, 1.82) is 0 Å². The minimum atomic E-state index is -3.19. The molecule has 2 unspecified atom stereocenters. The molecule has 4 nitrogen and oxygen atoms in total. The van der Waals surface area contributed by atoms with E-state index in [-0.39, 0.29) is 12.1 Å². The van der Waals surface area contributed by atoms with Crippen LogP contribution in [0.5, 0.6) is 0 Å². The van der Waals surface area contributed by atoms with Gasteiger partial charge in [0.15, 0.2) is 0 Å². The zero-order valence-corrected chi connectivity index (χ0v) is 7.41. The zero-order chi connectivity index (χ0) is 8.36. The minimum absolute atomic E-state index is 0.187. The summed E-state index contributed by atoms with van der Waals surface area (Å²) < 4.78 is 0. The first-order chi connectivity index (χ1) is 4.36. The molecule has 0 saturated carbocycles. The van der Waals surface area contributed by atoms with Crippen LogP contribution in [0.3, 0.4) is 0 Å². The van der Waals surface area contributed by atoms with Crippen molar-refractivity contribution in [3.8, 4) is 0 Å². The van der Waals surface area contributed by atoms with E-state index in [1.807, 2.05) is 0 Å². The summed E-state index contributed by atoms with van der Waals surface area (Å²) in [5.74, 6) is 0. The molecule has 5 heteroatoms. The van der Waals surface area contributed by atoms with Crippen molar-refractivity contribution < 1.29 is 9.59 Å². The summed E-state index contributed by atoms with van der Waals surface area (Å²) in [6.45, 7) is 3.32. The highest BCUT2D eigenvalue weighted by Gasteiger charge is 2.34. The number of rotatable bonds is 3. The summed E-state index contributed by atoms with van der Waals surface area (Å²) in [5.41, 5.74) is 10.2. The monoisotopic (exact) mass is 164 g/mol. The summed E-state index contributed by atoms with van der Waals surface area (Å²) in [6.07, 6.45) is 0. The first-order valence-electron chi connectivity index (χ1n) is 3.32. The van der Waals surface area contributed by atoms with Crippen molar-refractivity contribution in [2.24, 2.45) is 11.5 Å². The molecule has 0 amide bonds. The maximum absolute atomic E-state index is 9.25. The third-order valence-electron chi connectivity index (χ3n) is 1.35. The van der Waals surface area contributed by atoms with Gasteiger partial charge in [-0.05, 0) is 6.92 Å². The molecule has 0 aliphatic heterocycles.